The summed E-state index contributed by atoms with van der Waals surface area (Å²) in [5.74, 6) is -2.99. The molecule has 168 valence electrons. The molecule has 3 rings (SSSR count). The molecule has 0 aliphatic carbocycles. The minimum absolute atomic E-state index is 0.112. The Hall–Kier alpha value is -2.48. The van der Waals surface area contributed by atoms with Gasteiger partial charge in [-0.25, -0.2) is 22.9 Å². The Morgan fingerprint density at radius 3 is 2.58 bits per heavy atom. The third-order valence-electron chi connectivity index (χ3n) is 4.75. The van der Waals surface area contributed by atoms with Gasteiger partial charge in [0.05, 0.1) is 6.04 Å². The Balaban J connectivity index is 1.85. The Morgan fingerprint density at radius 2 is 1.90 bits per heavy atom. The lowest BCUT2D eigenvalue weighted by Gasteiger charge is -2.36. The van der Waals surface area contributed by atoms with Gasteiger partial charge in [0.15, 0.2) is 5.82 Å². The first-order valence-corrected chi connectivity index (χ1v) is 10.4. The van der Waals surface area contributed by atoms with Gasteiger partial charge in [0.1, 0.15) is 29.5 Å². The first-order chi connectivity index (χ1) is 14.5. The first kappa shape index (κ1) is 23.2. The second-order valence-corrected chi connectivity index (χ2v) is 8.79. The van der Waals surface area contributed by atoms with E-state index in [1.54, 1.807) is 20.8 Å². The van der Waals surface area contributed by atoms with E-state index >= 15 is 0 Å². The normalized spacial score (nSPS) is 16.9. The van der Waals surface area contributed by atoms with Crippen LogP contribution >= 0.6 is 11.6 Å². The van der Waals surface area contributed by atoms with Crippen molar-refractivity contribution >= 4 is 17.7 Å². The number of nitrogens with zero attached hydrogens (tertiary/aromatic N) is 2. The van der Waals surface area contributed by atoms with Gasteiger partial charge in [-0.3, -0.25) is 4.90 Å². The summed E-state index contributed by atoms with van der Waals surface area (Å²) >= 11 is 5.73. The summed E-state index contributed by atoms with van der Waals surface area (Å²) in [5, 5.41) is 0.217. The van der Waals surface area contributed by atoms with E-state index in [1.165, 1.54) is 17.0 Å². The van der Waals surface area contributed by atoms with Crippen LogP contribution in [0.1, 0.15) is 57.3 Å². The number of carbonyl (C=O) groups excluding carboxylic acids is 1. The van der Waals surface area contributed by atoms with Crippen molar-refractivity contribution in [3.63, 3.8) is 0 Å². The summed E-state index contributed by atoms with van der Waals surface area (Å²) in [5.41, 5.74) is -0.687. The van der Waals surface area contributed by atoms with Crippen LogP contribution in [-0.2, 0) is 11.3 Å². The molecule has 0 radical (unpaired) electrons. The fourth-order valence-corrected chi connectivity index (χ4v) is 3.50. The Kier molecular flexibility index (Phi) is 6.99. The standard InChI is InChI=1S/C22H24ClF3N2O3/c1-22(2,3)31-21(29)28-9-5-4-6-18(28)19-16(25)11-17(26)20(27-19)30-12-13-7-8-14(23)10-15(13)24/h7-8,10-11,18H,4-6,9,12H2,1-3H3. The van der Waals surface area contributed by atoms with E-state index in [2.05, 4.69) is 4.98 Å². The van der Waals surface area contributed by atoms with Crippen LogP contribution in [0.4, 0.5) is 18.0 Å². The number of amides is 1. The highest BCUT2D eigenvalue weighted by atomic mass is 35.5. The Labute approximate surface area is 184 Å². The van der Waals surface area contributed by atoms with Crippen LogP contribution in [0.15, 0.2) is 24.3 Å². The summed E-state index contributed by atoms with van der Waals surface area (Å²) in [6.07, 6.45) is 1.33. The van der Waals surface area contributed by atoms with E-state index in [-0.39, 0.29) is 22.9 Å². The lowest BCUT2D eigenvalue weighted by molar-refractivity contribution is 0.00846. The maximum Gasteiger partial charge on any atom is 0.410 e. The zero-order chi connectivity index (χ0) is 22.8. The average Bonchev–Trinajstić information content (AvgIpc) is 2.67. The van der Waals surface area contributed by atoms with Crippen LogP contribution in [0.2, 0.25) is 5.02 Å². The molecule has 1 aliphatic heterocycles. The van der Waals surface area contributed by atoms with Crippen LogP contribution in [0.25, 0.3) is 0 Å². The molecular formula is C22H24ClF3N2O3. The van der Waals surface area contributed by atoms with Crippen LogP contribution < -0.4 is 4.74 Å². The second-order valence-electron chi connectivity index (χ2n) is 8.35. The minimum Gasteiger partial charge on any atom is -0.471 e. The third-order valence-corrected chi connectivity index (χ3v) is 4.99. The second kappa shape index (κ2) is 9.34. The van der Waals surface area contributed by atoms with E-state index in [9.17, 15) is 18.0 Å². The number of hydrogen-bond donors (Lipinski definition) is 0. The van der Waals surface area contributed by atoms with Crippen molar-refractivity contribution in [3.05, 3.63) is 58.0 Å². The number of likely N-dealkylation sites (tertiary alicyclic amines) is 1. The fraction of sp³-hybridized carbons (Fsp3) is 0.455. The fourth-order valence-electron chi connectivity index (χ4n) is 3.34. The van der Waals surface area contributed by atoms with Gasteiger partial charge in [0, 0.05) is 23.2 Å². The van der Waals surface area contributed by atoms with Crippen molar-refractivity contribution in [3.8, 4) is 5.88 Å². The molecule has 1 aromatic carbocycles. The largest absolute Gasteiger partial charge is 0.471 e. The van der Waals surface area contributed by atoms with Gasteiger partial charge >= 0.3 is 6.09 Å². The summed E-state index contributed by atoms with van der Waals surface area (Å²) in [7, 11) is 0. The van der Waals surface area contributed by atoms with E-state index in [1.807, 2.05) is 0 Å². The minimum atomic E-state index is -1.02. The molecule has 1 fully saturated rings. The smallest absolute Gasteiger partial charge is 0.410 e. The highest BCUT2D eigenvalue weighted by Crippen LogP contribution is 2.34. The van der Waals surface area contributed by atoms with Gasteiger partial charge in [0.2, 0.25) is 0 Å². The predicted octanol–water partition coefficient (Wildman–Crippen LogP) is 6.19. The van der Waals surface area contributed by atoms with Crippen molar-refractivity contribution in [1.82, 2.24) is 9.88 Å². The zero-order valence-electron chi connectivity index (χ0n) is 17.6. The van der Waals surface area contributed by atoms with Gasteiger partial charge in [-0.1, -0.05) is 17.7 Å². The molecule has 0 saturated carbocycles. The molecule has 31 heavy (non-hydrogen) atoms. The molecule has 0 bridgehead atoms. The van der Waals surface area contributed by atoms with E-state index < -0.39 is 41.1 Å². The average molecular weight is 457 g/mol. The van der Waals surface area contributed by atoms with Crippen LogP contribution in [0, 0.1) is 17.5 Å². The molecule has 1 saturated heterocycles. The number of halogens is 4. The number of rotatable bonds is 4. The van der Waals surface area contributed by atoms with Crippen LogP contribution in [-0.4, -0.2) is 28.1 Å². The monoisotopic (exact) mass is 456 g/mol. The number of aromatic nitrogens is 1. The van der Waals surface area contributed by atoms with Gasteiger partial charge in [-0.15, -0.1) is 0 Å². The van der Waals surface area contributed by atoms with Crippen molar-refractivity contribution < 1.29 is 27.4 Å². The van der Waals surface area contributed by atoms with Crippen molar-refractivity contribution in [2.24, 2.45) is 0 Å². The van der Waals surface area contributed by atoms with E-state index in [0.29, 0.717) is 19.0 Å². The molecule has 1 aliphatic rings. The molecule has 2 aromatic rings. The van der Waals surface area contributed by atoms with Crippen LogP contribution in [0.5, 0.6) is 5.88 Å². The molecule has 0 spiro atoms. The molecule has 5 nitrogen and oxygen atoms in total. The van der Waals surface area contributed by atoms with Crippen LogP contribution in [0.3, 0.4) is 0 Å². The number of pyridine rings is 1. The first-order valence-electron chi connectivity index (χ1n) is 9.97. The van der Waals surface area contributed by atoms with Gasteiger partial charge < -0.3 is 9.47 Å². The third kappa shape index (κ3) is 5.81. The SMILES string of the molecule is CC(C)(C)OC(=O)N1CCCCC1c1nc(OCc2ccc(Cl)cc2F)c(F)cc1F. The number of benzene rings is 1. The van der Waals surface area contributed by atoms with Crippen molar-refractivity contribution in [1.29, 1.82) is 0 Å². The Morgan fingerprint density at radius 1 is 1.16 bits per heavy atom. The van der Waals surface area contributed by atoms with Gasteiger partial charge in [-0.2, -0.15) is 0 Å². The molecule has 1 unspecified atom stereocenters. The quantitative estimate of drug-likeness (QED) is 0.550. The van der Waals surface area contributed by atoms with Crippen molar-refractivity contribution in [2.75, 3.05) is 6.54 Å². The van der Waals surface area contributed by atoms with E-state index in [0.717, 1.165) is 18.9 Å². The zero-order valence-corrected chi connectivity index (χ0v) is 18.3. The summed E-state index contributed by atoms with van der Waals surface area (Å²) < 4.78 is 53.7. The van der Waals surface area contributed by atoms with Gasteiger partial charge in [-0.05, 0) is 52.2 Å². The maximum atomic E-state index is 14.6. The summed E-state index contributed by atoms with van der Waals surface area (Å²) in [4.78, 5) is 18.1. The number of piperidine rings is 1. The number of carbonyl (C=O) groups is 1. The molecule has 1 atom stereocenters. The number of hydrogen-bond acceptors (Lipinski definition) is 4. The molecular weight excluding hydrogens is 433 g/mol. The molecule has 0 N–H and O–H groups in total. The van der Waals surface area contributed by atoms with Gasteiger partial charge in [0.25, 0.3) is 5.88 Å². The summed E-state index contributed by atoms with van der Waals surface area (Å²) in [6.45, 7) is 5.26. The molecule has 1 aromatic heterocycles. The van der Waals surface area contributed by atoms with Crippen molar-refractivity contribution in [2.45, 2.75) is 58.3 Å². The lowest BCUT2D eigenvalue weighted by atomic mass is 9.99. The highest BCUT2D eigenvalue weighted by molar-refractivity contribution is 6.30. The maximum absolute atomic E-state index is 14.6. The topological polar surface area (TPSA) is 51.7 Å². The number of ether oxygens (including phenoxy) is 2. The Bertz CT molecular complexity index is 966. The van der Waals surface area contributed by atoms with E-state index in [4.69, 9.17) is 21.1 Å². The predicted molar refractivity (Wildman–Crippen MR) is 109 cm³/mol. The highest BCUT2D eigenvalue weighted by Gasteiger charge is 2.34. The summed E-state index contributed by atoms with van der Waals surface area (Å²) in [6, 6.07) is 3.94. The molecule has 2 heterocycles. The molecule has 1 amide bonds. The lowest BCUT2D eigenvalue weighted by Crippen LogP contribution is -2.42. The molecule has 9 heteroatoms.